The molecule has 1 aliphatic rings. The molecule has 0 radical (unpaired) electrons. The van der Waals surface area contributed by atoms with E-state index >= 15 is 0 Å². The van der Waals surface area contributed by atoms with Gasteiger partial charge in [-0.15, -0.1) is 0 Å². The zero-order valence-electron chi connectivity index (χ0n) is 12.0. The maximum absolute atomic E-state index is 11.8. The Morgan fingerprint density at radius 3 is 2.95 bits per heavy atom. The molecule has 1 atom stereocenters. The van der Waals surface area contributed by atoms with Crippen molar-refractivity contribution in [3.63, 3.8) is 0 Å². The van der Waals surface area contributed by atoms with Gasteiger partial charge in [0.2, 0.25) is 0 Å². The average Bonchev–Trinajstić information content (AvgIpc) is 2.49. The van der Waals surface area contributed by atoms with Gasteiger partial charge >= 0.3 is 0 Å². The Morgan fingerprint density at radius 1 is 1.45 bits per heavy atom. The molecule has 0 amide bonds. The van der Waals surface area contributed by atoms with Crippen molar-refractivity contribution in [1.29, 1.82) is 0 Å². The lowest BCUT2D eigenvalue weighted by molar-refractivity contribution is 0.00643. The van der Waals surface area contributed by atoms with Crippen LogP contribution >= 0.6 is 0 Å². The SMILES string of the molecule is CNCC(=O)c1ccc(OC2CCCOC2)c(OC)c1. The number of ether oxygens (including phenoxy) is 3. The summed E-state index contributed by atoms with van der Waals surface area (Å²) in [6.45, 7) is 1.71. The molecule has 0 bridgehead atoms. The fraction of sp³-hybridized carbons (Fsp3) is 0.533. The van der Waals surface area contributed by atoms with E-state index in [2.05, 4.69) is 5.32 Å². The number of likely N-dealkylation sites (N-methyl/N-ethyl adjacent to an activating group) is 1. The monoisotopic (exact) mass is 279 g/mol. The summed E-state index contributed by atoms with van der Waals surface area (Å²) >= 11 is 0. The first-order valence-electron chi connectivity index (χ1n) is 6.85. The van der Waals surface area contributed by atoms with Gasteiger partial charge in [-0.25, -0.2) is 0 Å². The number of hydrogen-bond acceptors (Lipinski definition) is 5. The Kier molecular flexibility index (Phi) is 5.38. The summed E-state index contributed by atoms with van der Waals surface area (Å²) in [6, 6.07) is 5.27. The second-order valence-corrected chi connectivity index (χ2v) is 4.78. The first kappa shape index (κ1) is 14.8. The lowest BCUT2D eigenvalue weighted by Gasteiger charge is -2.24. The van der Waals surface area contributed by atoms with Crippen LogP contribution in [-0.2, 0) is 4.74 Å². The minimum absolute atomic E-state index is 0.0262. The quantitative estimate of drug-likeness (QED) is 0.803. The summed E-state index contributed by atoms with van der Waals surface area (Å²) in [4.78, 5) is 11.8. The van der Waals surface area contributed by atoms with Crippen LogP contribution in [0.3, 0.4) is 0 Å². The molecule has 5 nitrogen and oxygen atoms in total. The second kappa shape index (κ2) is 7.26. The van der Waals surface area contributed by atoms with E-state index in [9.17, 15) is 4.79 Å². The van der Waals surface area contributed by atoms with Gasteiger partial charge in [-0.1, -0.05) is 0 Å². The summed E-state index contributed by atoms with van der Waals surface area (Å²) in [5, 5.41) is 2.85. The third kappa shape index (κ3) is 3.71. The lowest BCUT2D eigenvalue weighted by Crippen LogP contribution is -2.28. The van der Waals surface area contributed by atoms with Crippen LogP contribution in [-0.4, -0.2) is 45.8 Å². The van der Waals surface area contributed by atoms with Crippen molar-refractivity contribution < 1.29 is 19.0 Å². The van der Waals surface area contributed by atoms with Crippen LogP contribution in [0.2, 0.25) is 0 Å². The Hall–Kier alpha value is -1.59. The van der Waals surface area contributed by atoms with Gasteiger partial charge in [-0.2, -0.15) is 0 Å². The zero-order valence-corrected chi connectivity index (χ0v) is 12.0. The van der Waals surface area contributed by atoms with Crippen LogP contribution in [0.25, 0.3) is 0 Å². The summed E-state index contributed by atoms with van der Waals surface area (Å²) in [6.07, 6.45) is 2.03. The van der Waals surface area contributed by atoms with Crippen molar-refractivity contribution in [1.82, 2.24) is 5.32 Å². The lowest BCUT2D eigenvalue weighted by atomic mass is 10.1. The molecule has 5 heteroatoms. The van der Waals surface area contributed by atoms with Gasteiger partial charge in [0.1, 0.15) is 6.10 Å². The van der Waals surface area contributed by atoms with Crippen LogP contribution in [0.5, 0.6) is 11.5 Å². The van der Waals surface area contributed by atoms with Crippen molar-refractivity contribution >= 4 is 5.78 Å². The normalized spacial score (nSPS) is 18.6. The number of benzene rings is 1. The molecule has 20 heavy (non-hydrogen) atoms. The van der Waals surface area contributed by atoms with Crippen LogP contribution in [0.15, 0.2) is 18.2 Å². The van der Waals surface area contributed by atoms with Gasteiger partial charge in [0.15, 0.2) is 17.3 Å². The number of methoxy groups -OCH3 is 1. The molecule has 1 aliphatic heterocycles. The number of Topliss-reactive ketones (excluding diaryl/α,β-unsaturated/α-hetero) is 1. The number of ketones is 1. The minimum Gasteiger partial charge on any atom is -0.493 e. The van der Waals surface area contributed by atoms with Crippen LogP contribution in [0, 0.1) is 0 Å². The van der Waals surface area contributed by atoms with Crippen molar-refractivity contribution in [3.05, 3.63) is 23.8 Å². The first-order valence-corrected chi connectivity index (χ1v) is 6.85. The number of hydrogen-bond donors (Lipinski definition) is 1. The van der Waals surface area contributed by atoms with E-state index in [0.717, 1.165) is 19.4 Å². The molecule has 1 aromatic rings. The number of carbonyl (C=O) groups excluding carboxylic acids is 1. The fourth-order valence-corrected chi connectivity index (χ4v) is 2.18. The number of nitrogens with one attached hydrogen (secondary N) is 1. The van der Waals surface area contributed by atoms with E-state index < -0.39 is 0 Å². The molecule has 0 spiro atoms. The van der Waals surface area contributed by atoms with Crippen molar-refractivity contribution in [2.75, 3.05) is 33.9 Å². The van der Waals surface area contributed by atoms with Gasteiger partial charge < -0.3 is 19.5 Å². The predicted octanol–water partition coefficient (Wildman–Crippen LogP) is 1.66. The topological polar surface area (TPSA) is 56.8 Å². The molecule has 0 saturated carbocycles. The highest BCUT2D eigenvalue weighted by molar-refractivity contribution is 5.98. The third-order valence-electron chi connectivity index (χ3n) is 3.24. The van der Waals surface area contributed by atoms with Gasteiger partial charge in [0.25, 0.3) is 0 Å². The Morgan fingerprint density at radius 2 is 2.30 bits per heavy atom. The summed E-state index contributed by atoms with van der Waals surface area (Å²) < 4.78 is 16.6. The predicted molar refractivity (Wildman–Crippen MR) is 75.7 cm³/mol. The molecule has 1 heterocycles. The molecule has 2 rings (SSSR count). The van der Waals surface area contributed by atoms with Crippen LogP contribution in [0.1, 0.15) is 23.2 Å². The first-order chi connectivity index (χ1) is 9.74. The summed E-state index contributed by atoms with van der Waals surface area (Å²) in [5.41, 5.74) is 0.614. The highest BCUT2D eigenvalue weighted by Crippen LogP contribution is 2.30. The molecule has 1 unspecified atom stereocenters. The number of carbonyl (C=O) groups is 1. The summed E-state index contributed by atoms with van der Waals surface area (Å²) in [5.74, 6) is 1.26. The molecular formula is C15H21NO4. The molecule has 110 valence electrons. The molecule has 0 aromatic heterocycles. The molecule has 1 saturated heterocycles. The van der Waals surface area contributed by atoms with E-state index in [1.54, 1.807) is 32.4 Å². The van der Waals surface area contributed by atoms with E-state index in [4.69, 9.17) is 14.2 Å². The van der Waals surface area contributed by atoms with Gasteiger partial charge in [-0.3, -0.25) is 4.79 Å². The van der Waals surface area contributed by atoms with E-state index in [1.165, 1.54) is 0 Å². The highest BCUT2D eigenvalue weighted by Gasteiger charge is 2.18. The standard InChI is InChI=1S/C15H21NO4/c1-16-9-13(17)11-5-6-14(15(8-11)18-2)20-12-4-3-7-19-10-12/h5-6,8,12,16H,3-4,7,9-10H2,1-2H3. The number of rotatable bonds is 6. The van der Waals surface area contributed by atoms with Crippen LogP contribution < -0.4 is 14.8 Å². The molecule has 1 fully saturated rings. The maximum Gasteiger partial charge on any atom is 0.176 e. The van der Waals surface area contributed by atoms with Gasteiger partial charge in [-0.05, 0) is 38.1 Å². The van der Waals surface area contributed by atoms with E-state index in [1.807, 2.05) is 0 Å². The molecule has 0 aliphatic carbocycles. The largest absolute Gasteiger partial charge is 0.493 e. The molecular weight excluding hydrogens is 258 g/mol. The Labute approximate surface area is 119 Å². The van der Waals surface area contributed by atoms with Crippen molar-refractivity contribution in [2.24, 2.45) is 0 Å². The summed E-state index contributed by atoms with van der Waals surface area (Å²) in [7, 11) is 3.32. The van der Waals surface area contributed by atoms with Crippen LogP contribution in [0.4, 0.5) is 0 Å². The molecule has 1 aromatic carbocycles. The van der Waals surface area contributed by atoms with Gasteiger partial charge in [0, 0.05) is 12.2 Å². The third-order valence-corrected chi connectivity index (χ3v) is 3.24. The Bertz CT molecular complexity index is 455. The average molecular weight is 279 g/mol. The van der Waals surface area contributed by atoms with Gasteiger partial charge in [0.05, 0.1) is 20.3 Å². The zero-order chi connectivity index (χ0) is 14.4. The van der Waals surface area contributed by atoms with E-state index in [-0.39, 0.29) is 11.9 Å². The second-order valence-electron chi connectivity index (χ2n) is 4.78. The van der Waals surface area contributed by atoms with Crippen molar-refractivity contribution in [2.45, 2.75) is 18.9 Å². The van der Waals surface area contributed by atoms with E-state index in [0.29, 0.717) is 30.2 Å². The minimum atomic E-state index is 0.0262. The smallest absolute Gasteiger partial charge is 0.176 e. The fourth-order valence-electron chi connectivity index (χ4n) is 2.18. The Balaban J connectivity index is 2.10. The highest BCUT2D eigenvalue weighted by atomic mass is 16.5. The molecule has 1 N–H and O–H groups in total. The van der Waals surface area contributed by atoms with Crippen molar-refractivity contribution in [3.8, 4) is 11.5 Å². The maximum atomic E-state index is 11.8.